The second-order valence-electron chi connectivity index (χ2n) is 5.78. The summed E-state index contributed by atoms with van der Waals surface area (Å²) in [5.74, 6) is 0.353. The normalized spacial score (nSPS) is 11.3. The van der Waals surface area contributed by atoms with Crippen LogP contribution in [0.15, 0.2) is 65.6 Å². The maximum absolute atomic E-state index is 11.7. The lowest BCUT2D eigenvalue weighted by Crippen LogP contribution is -2.23. The fourth-order valence-corrected chi connectivity index (χ4v) is 3.00. The van der Waals surface area contributed by atoms with Gasteiger partial charge in [0.1, 0.15) is 0 Å². The third kappa shape index (κ3) is 3.51. The molecule has 0 bridgehead atoms. The van der Waals surface area contributed by atoms with Gasteiger partial charge in [0, 0.05) is 25.6 Å². The molecule has 3 rings (SSSR count). The second-order valence-corrected chi connectivity index (χ2v) is 7.34. The van der Waals surface area contributed by atoms with Gasteiger partial charge >= 0.3 is 0 Å². The Morgan fingerprint density at radius 1 is 1.08 bits per heavy atom. The van der Waals surface area contributed by atoms with E-state index in [0.29, 0.717) is 11.5 Å². The van der Waals surface area contributed by atoms with Crippen LogP contribution in [0.2, 0.25) is 0 Å². The molecule has 0 saturated heterocycles. The number of nitrogens with zero attached hydrogens (tertiary/aromatic N) is 3. The summed E-state index contributed by atoms with van der Waals surface area (Å²) in [5.41, 5.74) is 2.34. The van der Waals surface area contributed by atoms with Crippen LogP contribution in [-0.4, -0.2) is 31.2 Å². The molecule has 0 unspecified atom stereocenters. The highest BCUT2D eigenvalue weighted by molar-refractivity contribution is 7.89. The van der Waals surface area contributed by atoms with E-state index >= 15 is 0 Å². The lowest BCUT2D eigenvalue weighted by molar-refractivity contribution is -0.116. The van der Waals surface area contributed by atoms with E-state index in [-0.39, 0.29) is 10.8 Å². The van der Waals surface area contributed by atoms with E-state index in [2.05, 4.69) is 5.10 Å². The molecule has 134 valence electrons. The largest absolute Gasteiger partial charge is 0.299 e. The fraction of sp³-hybridized carbons (Fsp3) is 0.111. The highest BCUT2D eigenvalue weighted by Crippen LogP contribution is 2.27. The van der Waals surface area contributed by atoms with Crippen molar-refractivity contribution in [1.29, 1.82) is 0 Å². The molecule has 1 amide bonds. The summed E-state index contributed by atoms with van der Waals surface area (Å²) in [5, 5.41) is 9.66. The van der Waals surface area contributed by atoms with Crippen molar-refractivity contribution >= 4 is 21.7 Å². The average Bonchev–Trinajstić information content (AvgIpc) is 3.06. The Bertz CT molecular complexity index is 1040. The van der Waals surface area contributed by atoms with Crippen molar-refractivity contribution in [1.82, 2.24) is 9.78 Å². The van der Waals surface area contributed by atoms with Gasteiger partial charge in [-0.05, 0) is 24.3 Å². The SMILES string of the molecule is CC(=O)N(C)c1cc(-c2ccccc2)n(-c2ccc(S(N)(=O)=O)cc2)n1. The molecule has 0 radical (unpaired) electrons. The summed E-state index contributed by atoms with van der Waals surface area (Å²) < 4.78 is 24.6. The minimum atomic E-state index is -3.77. The molecule has 0 aliphatic heterocycles. The number of amides is 1. The molecule has 0 aliphatic carbocycles. The van der Waals surface area contributed by atoms with E-state index in [0.717, 1.165) is 11.3 Å². The highest BCUT2D eigenvalue weighted by Gasteiger charge is 2.17. The van der Waals surface area contributed by atoms with Crippen LogP contribution in [0.3, 0.4) is 0 Å². The average molecular weight is 370 g/mol. The van der Waals surface area contributed by atoms with Crippen LogP contribution in [0.25, 0.3) is 16.9 Å². The van der Waals surface area contributed by atoms with E-state index in [1.807, 2.05) is 36.4 Å². The van der Waals surface area contributed by atoms with Gasteiger partial charge in [-0.3, -0.25) is 9.69 Å². The summed E-state index contributed by atoms with van der Waals surface area (Å²) in [6, 6.07) is 17.5. The van der Waals surface area contributed by atoms with Crippen LogP contribution >= 0.6 is 0 Å². The van der Waals surface area contributed by atoms with E-state index in [1.54, 1.807) is 23.9 Å². The van der Waals surface area contributed by atoms with Crippen molar-refractivity contribution in [2.45, 2.75) is 11.8 Å². The van der Waals surface area contributed by atoms with Crippen LogP contribution in [0.4, 0.5) is 5.82 Å². The van der Waals surface area contributed by atoms with Gasteiger partial charge in [0.15, 0.2) is 5.82 Å². The molecule has 0 atom stereocenters. The highest BCUT2D eigenvalue weighted by atomic mass is 32.2. The molecule has 0 fully saturated rings. The summed E-state index contributed by atoms with van der Waals surface area (Å²) in [6.45, 7) is 1.46. The topological polar surface area (TPSA) is 98.3 Å². The number of anilines is 1. The Balaban J connectivity index is 2.14. The number of rotatable bonds is 4. The molecule has 3 aromatic rings. The van der Waals surface area contributed by atoms with Gasteiger partial charge in [-0.1, -0.05) is 30.3 Å². The van der Waals surface area contributed by atoms with Gasteiger partial charge in [0.25, 0.3) is 0 Å². The van der Waals surface area contributed by atoms with Gasteiger partial charge < -0.3 is 0 Å². The zero-order chi connectivity index (χ0) is 18.9. The Hall–Kier alpha value is -2.97. The summed E-state index contributed by atoms with van der Waals surface area (Å²) in [7, 11) is -2.12. The first-order valence-corrected chi connectivity index (χ1v) is 9.35. The number of hydrogen-bond donors (Lipinski definition) is 1. The molecule has 1 heterocycles. The number of nitrogens with two attached hydrogens (primary N) is 1. The van der Waals surface area contributed by atoms with Crippen LogP contribution in [0.1, 0.15) is 6.92 Å². The fourth-order valence-electron chi connectivity index (χ4n) is 2.48. The van der Waals surface area contributed by atoms with E-state index in [9.17, 15) is 13.2 Å². The second kappa shape index (κ2) is 6.74. The zero-order valence-corrected chi connectivity index (χ0v) is 15.1. The van der Waals surface area contributed by atoms with Crippen LogP contribution in [0, 0.1) is 0 Å². The predicted molar refractivity (Wildman–Crippen MR) is 99.5 cm³/mol. The first kappa shape index (κ1) is 17.8. The number of sulfonamides is 1. The molecule has 7 nitrogen and oxygen atoms in total. The smallest absolute Gasteiger partial charge is 0.238 e. The molecule has 2 N–H and O–H groups in total. The van der Waals surface area contributed by atoms with Crippen LogP contribution in [-0.2, 0) is 14.8 Å². The number of carbonyl (C=O) groups is 1. The van der Waals surface area contributed by atoms with Crippen molar-refractivity contribution in [3.63, 3.8) is 0 Å². The molecule has 1 aromatic heterocycles. The molecule has 26 heavy (non-hydrogen) atoms. The standard InChI is InChI=1S/C18H18N4O3S/c1-13(23)21(2)18-12-17(14-6-4-3-5-7-14)22(20-18)15-8-10-16(11-9-15)26(19,24)25/h3-12H,1-2H3,(H2,19,24,25). The number of aromatic nitrogens is 2. The van der Waals surface area contributed by atoms with Crippen LogP contribution in [0.5, 0.6) is 0 Å². The summed E-state index contributed by atoms with van der Waals surface area (Å²) in [6.07, 6.45) is 0. The molecular weight excluding hydrogens is 352 g/mol. The molecule has 2 aromatic carbocycles. The van der Waals surface area contributed by atoms with Crippen molar-refractivity contribution < 1.29 is 13.2 Å². The summed E-state index contributed by atoms with van der Waals surface area (Å²) in [4.78, 5) is 13.2. The minimum absolute atomic E-state index is 0.0238. The van der Waals surface area contributed by atoms with Crippen molar-refractivity contribution in [3.05, 3.63) is 60.7 Å². The van der Waals surface area contributed by atoms with E-state index < -0.39 is 10.0 Å². The number of primary sulfonamides is 1. The minimum Gasteiger partial charge on any atom is -0.299 e. The third-order valence-electron chi connectivity index (χ3n) is 3.99. The maximum atomic E-state index is 11.7. The van der Waals surface area contributed by atoms with Gasteiger partial charge in [-0.15, -0.1) is 5.10 Å². The van der Waals surface area contributed by atoms with Gasteiger partial charge in [-0.2, -0.15) is 0 Å². The lowest BCUT2D eigenvalue weighted by Gasteiger charge is -2.10. The number of carbonyl (C=O) groups excluding carboxylic acids is 1. The van der Waals surface area contributed by atoms with Crippen molar-refractivity contribution in [2.75, 3.05) is 11.9 Å². The Labute approximate surface area is 151 Å². The van der Waals surface area contributed by atoms with Crippen molar-refractivity contribution in [2.24, 2.45) is 5.14 Å². The molecule has 0 spiro atoms. The number of hydrogen-bond acceptors (Lipinski definition) is 4. The first-order chi connectivity index (χ1) is 12.3. The quantitative estimate of drug-likeness (QED) is 0.761. The van der Waals surface area contributed by atoms with E-state index in [4.69, 9.17) is 5.14 Å². The molecule has 0 saturated carbocycles. The van der Waals surface area contributed by atoms with Crippen LogP contribution < -0.4 is 10.0 Å². The predicted octanol–water partition coefficient (Wildman–Crippen LogP) is 2.17. The number of benzene rings is 2. The van der Waals surface area contributed by atoms with Gasteiger partial charge in [0.05, 0.1) is 16.3 Å². The Morgan fingerprint density at radius 2 is 1.69 bits per heavy atom. The Morgan fingerprint density at radius 3 is 2.23 bits per heavy atom. The van der Waals surface area contributed by atoms with Gasteiger partial charge in [0.2, 0.25) is 15.9 Å². The molecule has 8 heteroatoms. The monoisotopic (exact) mass is 370 g/mol. The molecular formula is C18H18N4O3S. The third-order valence-corrected chi connectivity index (χ3v) is 4.92. The Kier molecular flexibility index (Phi) is 4.62. The van der Waals surface area contributed by atoms with E-state index in [1.165, 1.54) is 24.0 Å². The maximum Gasteiger partial charge on any atom is 0.238 e. The first-order valence-electron chi connectivity index (χ1n) is 7.80. The summed E-state index contributed by atoms with van der Waals surface area (Å²) >= 11 is 0. The molecule has 0 aliphatic rings. The lowest BCUT2D eigenvalue weighted by atomic mass is 10.1. The zero-order valence-electron chi connectivity index (χ0n) is 14.3. The van der Waals surface area contributed by atoms with Crippen molar-refractivity contribution in [3.8, 4) is 16.9 Å². The van der Waals surface area contributed by atoms with Gasteiger partial charge in [-0.25, -0.2) is 18.2 Å².